The summed E-state index contributed by atoms with van der Waals surface area (Å²) in [7, 11) is -1.30. The molecule has 0 radical (unpaired) electrons. The number of hydrogen-bond donors (Lipinski definition) is 1. The molecular weight excluding hydrogens is 601 g/mol. The average molecular weight is 650 g/mol. The number of Topliss-reactive ketones (excluding diaryl/α,β-unsaturated/α-hetero) is 2. The zero-order chi connectivity index (χ0) is 32.4. The number of fused-ring (bicyclic) bond motifs is 6. The highest BCUT2D eigenvalue weighted by Gasteiger charge is 2.59. The molecule has 0 amide bonds. The van der Waals surface area contributed by atoms with Crippen molar-refractivity contribution in [2.45, 2.75) is 82.3 Å². The Kier molecular flexibility index (Phi) is 10.7. The second kappa shape index (κ2) is 14.0. The van der Waals surface area contributed by atoms with E-state index in [2.05, 4.69) is 28.7 Å². The van der Waals surface area contributed by atoms with Crippen LogP contribution < -0.4 is 5.09 Å². The number of methoxy groups -OCH3 is 2. The first-order valence-corrected chi connectivity index (χ1v) is 17.5. The molecular formula is C32H48N3O9P. The third-order valence-corrected chi connectivity index (χ3v) is 11.8. The highest BCUT2D eigenvalue weighted by Crippen LogP contribution is 2.50. The van der Waals surface area contributed by atoms with Crippen molar-refractivity contribution in [2.75, 3.05) is 53.7 Å². The van der Waals surface area contributed by atoms with Crippen molar-refractivity contribution in [1.29, 1.82) is 0 Å². The molecule has 1 aromatic carbocycles. The fraction of sp³-hybridized carbons (Fsp3) is 0.719. The number of piperidine rings is 6. The highest BCUT2D eigenvalue weighted by molar-refractivity contribution is 7.51. The van der Waals surface area contributed by atoms with Crippen molar-refractivity contribution in [3.63, 3.8) is 0 Å². The molecule has 6 aliphatic rings. The van der Waals surface area contributed by atoms with Gasteiger partial charge in [0, 0.05) is 51.2 Å². The van der Waals surface area contributed by atoms with Crippen molar-refractivity contribution in [3.05, 3.63) is 35.9 Å². The first-order chi connectivity index (χ1) is 21.5. The van der Waals surface area contributed by atoms with Crippen molar-refractivity contribution >= 4 is 25.3 Å². The van der Waals surface area contributed by atoms with E-state index in [1.807, 2.05) is 30.3 Å². The molecule has 0 saturated carbocycles. The lowest BCUT2D eigenvalue weighted by atomic mass is 9.71. The zero-order valence-corrected chi connectivity index (χ0v) is 28.0. The molecule has 0 aliphatic carbocycles. The minimum atomic E-state index is -4.35. The van der Waals surface area contributed by atoms with Crippen LogP contribution >= 0.6 is 7.75 Å². The Labute approximate surface area is 266 Å². The average Bonchev–Trinajstić information content (AvgIpc) is 3.03. The summed E-state index contributed by atoms with van der Waals surface area (Å²) in [5.74, 6) is -0.950. The van der Waals surface area contributed by atoms with Gasteiger partial charge in [-0.3, -0.25) is 33.2 Å². The number of ether oxygens (including phenoxy) is 3. The summed E-state index contributed by atoms with van der Waals surface area (Å²) in [6, 6.07) is 8.36. The lowest BCUT2D eigenvalue weighted by molar-refractivity contribution is -0.165. The molecule has 45 heavy (non-hydrogen) atoms. The van der Waals surface area contributed by atoms with Crippen LogP contribution in [0.3, 0.4) is 0 Å². The molecule has 12 nitrogen and oxygen atoms in total. The topological polar surface area (TPSA) is 133 Å². The van der Waals surface area contributed by atoms with Crippen molar-refractivity contribution < 1.29 is 42.2 Å². The van der Waals surface area contributed by atoms with Crippen LogP contribution in [0.4, 0.5) is 0 Å². The normalized spacial score (nSPS) is 36.1. The second-order valence-corrected chi connectivity index (χ2v) is 14.9. The third-order valence-electron chi connectivity index (χ3n) is 10.2. The van der Waals surface area contributed by atoms with Gasteiger partial charge in [0.15, 0.2) is 11.6 Å². The van der Waals surface area contributed by atoms with Crippen LogP contribution in [0.15, 0.2) is 30.3 Å². The quantitative estimate of drug-likeness (QED) is 0.221. The van der Waals surface area contributed by atoms with Crippen LogP contribution in [-0.4, -0.2) is 110 Å². The van der Waals surface area contributed by atoms with E-state index in [0.717, 1.165) is 31.2 Å². The second-order valence-electron chi connectivity index (χ2n) is 13.2. The predicted molar refractivity (Wildman–Crippen MR) is 165 cm³/mol. The predicted octanol–water partition coefficient (Wildman–Crippen LogP) is 2.99. The fourth-order valence-electron chi connectivity index (χ4n) is 7.95. The zero-order valence-electron chi connectivity index (χ0n) is 27.1. The van der Waals surface area contributed by atoms with Gasteiger partial charge in [-0.15, -0.1) is 0 Å². The maximum Gasteiger partial charge on any atom is 0.406 e. The van der Waals surface area contributed by atoms with Gasteiger partial charge in [0.05, 0.1) is 26.4 Å². The van der Waals surface area contributed by atoms with Crippen molar-refractivity contribution in [2.24, 2.45) is 11.8 Å². The monoisotopic (exact) mass is 649 g/mol. The van der Waals surface area contributed by atoms with E-state index in [9.17, 15) is 18.9 Å². The smallest absolute Gasteiger partial charge is 0.406 e. The SMILES string of the molecule is COC[C@]1(COP(=O)(N[C@@H](C)C(=O)OCc2ccccc2)OC[C@@]2(COC)C(=O)[C@H]3CCN2[C@H](C)C3)C(=O)C2CCN1[C@H](C)C2. The minimum absolute atomic E-state index is 0.00822. The summed E-state index contributed by atoms with van der Waals surface area (Å²) in [5.41, 5.74) is -1.51. The molecule has 6 heterocycles. The standard InChI is InChI=1S/C32H48N3O9P/c1-22-15-26-11-13-34(22)31(18-40-4,28(26)36)20-43-45(39,33-24(3)30(38)42-17-25-9-7-6-8-10-25)44-21-32(19-41-5)29(37)27-12-14-35(32)23(2)16-27/h6-10,22-24,26-27H,11-21H2,1-5H3,(H,33,39)/t22-,23-,24+,26+,27?,31+,32+,45?/m1/s1. The van der Waals surface area contributed by atoms with Gasteiger partial charge in [-0.25, -0.2) is 9.65 Å². The van der Waals surface area contributed by atoms with Gasteiger partial charge in [0.1, 0.15) is 23.7 Å². The van der Waals surface area contributed by atoms with E-state index in [1.165, 1.54) is 21.1 Å². The minimum Gasteiger partial charge on any atom is -0.460 e. The molecule has 6 fully saturated rings. The summed E-state index contributed by atoms with van der Waals surface area (Å²) < 4.78 is 43.5. The number of hydrogen-bond acceptors (Lipinski definition) is 11. The Hall–Kier alpha value is -2.02. The first-order valence-electron chi connectivity index (χ1n) is 16.0. The maximum absolute atomic E-state index is 14.7. The molecule has 0 spiro atoms. The molecule has 4 bridgehead atoms. The van der Waals surface area contributed by atoms with Crippen LogP contribution in [0.1, 0.15) is 52.0 Å². The summed E-state index contributed by atoms with van der Waals surface area (Å²) in [6.07, 6.45) is 3.00. The number of nitrogens with zero attached hydrogens (tertiary/aromatic N) is 2. The van der Waals surface area contributed by atoms with Crippen LogP contribution in [0.5, 0.6) is 0 Å². The Balaban J connectivity index is 1.38. The Morgan fingerprint density at radius 3 is 1.82 bits per heavy atom. The number of rotatable bonds is 15. The van der Waals surface area contributed by atoms with Gasteiger partial charge >= 0.3 is 13.7 Å². The summed E-state index contributed by atoms with van der Waals surface area (Å²) in [5, 5.41) is 2.76. The molecule has 4 unspecified atom stereocenters. The lowest BCUT2D eigenvalue weighted by Crippen LogP contribution is -2.72. The molecule has 7 rings (SSSR count). The molecule has 13 heteroatoms. The molecule has 10 atom stereocenters. The van der Waals surface area contributed by atoms with E-state index in [1.54, 1.807) is 0 Å². The van der Waals surface area contributed by atoms with Gasteiger partial charge in [-0.05, 0) is 52.0 Å². The molecule has 1 aromatic rings. The molecule has 1 N–H and O–H groups in total. The van der Waals surface area contributed by atoms with Crippen molar-refractivity contribution in [3.8, 4) is 0 Å². The van der Waals surface area contributed by atoms with Crippen molar-refractivity contribution in [1.82, 2.24) is 14.9 Å². The van der Waals surface area contributed by atoms with Gasteiger partial charge in [0.25, 0.3) is 0 Å². The van der Waals surface area contributed by atoms with E-state index in [0.29, 0.717) is 13.1 Å². The van der Waals surface area contributed by atoms with Crippen LogP contribution in [-0.2, 0) is 48.8 Å². The molecule has 250 valence electrons. The van der Waals surface area contributed by atoms with Gasteiger partial charge in [0.2, 0.25) is 0 Å². The van der Waals surface area contributed by atoms with Gasteiger partial charge in [-0.1, -0.05) is 30.3 Å². The van der Waals surface area contributed by atoms with E-state index in [4.69, 9.17) is 23.3 Å². The number of benzene rings is 1. The Morgan fingerprint density at radius 1 is 0.889 bits per heavy atom. The fourth-order valence-corrected chi connectivity index (χ4v) is 9.52. The Morgan fingerprint density at radius 2 is 1.38 bits per heavy atom. The Bertz CT molecular complexity index is 1220. The number of carbonyl (C=O) groups excluding carboxylic acids is 3. The third kappa shape index (κ3) is 6.71. The van der Waals surface area contributed by atoms with E-state index < -0.39 is 30.8 Å². The van der Waals surface area contributed by atoms with Gasteiger partial charge in [-0.2, -0.15) is 0 Å². The van der Waals surface area contributed by atoms with Crippen LogP contribution in [0.2, 0.25) is 0 Å². The maximum atomic E-state index is 14.7. The van der Waals surface area contributed by atoms with Gasteiger partial charge < -0.3 is 14.2 Å². The molecule has 0 aromatic heterocycles. The number of esters is 1. The van der Waals surface area contributed by atoms with Crippen LogP contribution in [0.25, 0.3) is 0 Å². The summed E-state index contributed by atoms with van der Waals surface area (Å²) in [4.78, 5) is 44.6. The van der Waals surface area contributed by atoms with Crippen LogP contribution in [0, 0.1) is 11.8 Å². The summed E-state index contributed by atoms with van der Waals surface area (Å²) >= 11 is 0. The van der Waals surface area contributed by atoms with E-state index >= 15 is 0 Å². The highest BCUT2D eigenvalue weighted by atomic mass is 31.2. The first kappa shape index (κ1) is 34.3. The lowest BCUT2D eigenvalue weighted by Gasteiger charge is -2.56. The molecule has 6 saturated heterocycles. The number of carbonyl (C=O) groups is 3. The summed E-state index contributed by atoms with van der Waals surface area (Å²) in [6.45, 7) is 6.62. The number of ketones is 2. The van der Waals surface area contributed by atoms with E-state index in [-0.39, 0.29) is 68.5 Å². The molecule has 6 aliphatic heterocycles. The largest absolute Gasteiger partial charge is 0.460 e. The number of nitrogens with one attached hydrogen (secondary N) is 1.